The second kappa shape index (κ2) is 6.78. The lowest BCUT2D eigenvalue weighted by atomic mass is 10.2. The molecule has 0 saturated heterocycles. The Morgan fingerprint density at radius 3 is 2.76 bits per heavy atom. The number of hydrogen-bond acceptors (Lipinski definition) is 4. The topological polar surface area (TPSA) is 64.4 Å². The first-order valence-electron chi connectivity index (χ1n) is 6.01. The van der Waals surface area contributed by atoms with Gasteiger partial charge < -0.3 is 10.1 Å². The Hall–Kier alpha value is -1.79. The molecule has 0 aliphatic heterocycles. The van der Waals surface area contributed by atoms with Gasteiger partial charge in [-0.1, -0.05) is 11.6 Å². The molecule has 21 heavy (non-hydrogen) atoms. The molecule has 0 bridgehead atoms. The van der Waals surface area contributed by atoms with Gasteiger partial charge in [-0.25, -0.2) is 0 Å². The molecular weight excluding hydrogens is 360 g/mol. The van der Waals surface area contributed by atoms with Crippen LogP contribution in [0.3, 0.4) is 0 Å². The van der Waals surface area contributed by atoms with Crippen molar-refractivity contribution < 1.29 is 9.66 Å². The number of methoxy groups -OCH3 is 1. The highest BCUT2D eigenvalue weighted by molar-refractivity contribution is 9.10. The fourth-order valence-electron chi connectivity index (χ4n) is 1.80. The number of nitrogens with zero attached hydrogens (tertiary/aromatic N) is 1. The number of nitrogens with one attached hydrogen (secondary N) is 1. The minimum absolute atomic E-state index is 0.00342. The molecule has 0 aliphatic carbocycles. The minimum atomic E-state index is -0.443. The number of ether oxygens (including phenoxy) is 1. The molecule has 2 rings (SSSR count). The second-order valence-electron chi connectivity index (χ2n) is 4.27. The van der Waals surface area contributed by atoms with Crippen LogP contribution >= 0.6 is 27.5 Å². The maximum absolute atomic E-state index is 10.9. The van der Waals surface area contributed by atoms with Crippen molar-refractivity contribution >= 4 is 38.9 Å². The van der Waals surface area contributed by atoms with Crippen molar-refractivity contribution in [2.45, 2.75) is 6.54 Å². The summed E-state index contributed by atoms with van der Waals surface area (Å²) in [6.07, 6.45) is 0. The van der Waals surface area contributed by atoms with Crippen molar-refractivity contribution in [3.8, 4) is 5.75 Å². The highest BCUT2D eigenvalue weighted by Crippen LogP contribution is 2.27. The third kappa shape index (κ3) is 4.09. The van der Waals surface area contributed by atoms with Crippen LogP contribution in [0.1, 0.15) is 5.56 Å². The molecule has 2 aromatic rings. The summed E-state index contributed by atoms with van der Waals surface area (Å²) >= 11 is 9.36. The molecule has 0 fully saturated rings. The number of non-ortho nitro benzene ring substituents is 1. The van der Waals surface area contributed by atoms with Gasteiger partial charge in [0.2, 0.25) is 0 Å². The maximum Gasteiger partial charge on any atom is 0.273 e. The highest BCUT2D eigenvalue weighted by atomic mass is 79.9. The van der Waals surface area contributed by atoms with Gasteiger partial charge in [-0.15, -0.1) is 0 Å². The number of anilines is 1. The van der Waals surface area contributed by atoms with Gasteiger partial charge in [0.1, 0.15) is 5.75 Å². The van der Waals surface area contributed by atoms with E-state index in [0.717, 1.165) is 15.7 Å². The minimum Gasteiger partial charge on any atom is -0.496 e. The Bertz CT molecular complexity index is 679. The monoisotopic (exact) mass is 370 g/mol. The number of rotatable bonds is 5. The summed E-state index contributed by atoms with van der Waals surface area (Å²) in [6, 6.07) is 10.0. The van der Waals surface area contributed by atoms with Gasteiger partial charge in [0.25, 0.3) is 5.69 Å². The predicted molar refractivity (Wildman–Crippen MR) is 86.1 cm³/mol. The number of benzene rings is 2. The molecular formula is C14H12BrClN2O3. The van der Waals surface area contributed by atoms with Crippen LogP contribution in [0.5, 0.6) is 5.75 Å². The predicted octanol–water partition coefficient (Wildman–Crippen LogP) is 4.63. The van der Waals surface area contributed by atoms with Crippen LogP contribution in [0, 0.1) is 10.1 Å². The summed E-state index contributed by atoms with van der Waals surface area (Å²) < 4.78 is 5.94. The van der Waals surface area contributed by atoms with E-state index in [-0.39, 0.29) is 5.69 Å². The molecule has 110 valence electrons. The zero-order chi connectivity index (χ0) is 15.4. The lowest BCUT2D eigenvalue weighted by Crippen LogP contribution is -2.01. The molecule has 0 atom stereocenters. The summed E-state index contributed by atoms with van der Waals surface area (Å²) in [7, 11) is 1.48. The van der Waals surface area contributed by atoms with Crippen LogP contribution in [0.25, 0.3) is 0 Å². The molecule has 0 amide bonds. The van der Waals surface area contributed by atoms with E-state index in [1.165, 1.54) is 19.2 Å². The van der Waals surface area contributed by atoms with Crippen molar-refractivity contribution in [1.29, 1.82) is 0 Å². The summed E-state index contributed by atoms with van der Waals surface area (Å²) in [5.41, 5.74) is 1.55. The van der Waals surface area contributed by atoms with E-state index in [1.807, 2.05) is 6.07 Å². The largest absolute Gasteiger partial charge is 0.496 e. The van der Waals surface area contributed by atoms with E-state index in [0.29, 0.717) is 17.3 Å². The van der Waals surface area contributed by atoms with Crippen LogP contribution in [0.15, 0.2) is 40.9 Å². The van der Waals surface area contributed by atoms with E-state index in [2.05, 4.69) is 21.2 Å². The third-order valence-electron chi connectivity index (χ3n) is 2.81. The van der Waals surface area contributed by atoms with E-state index in [1.54, 1.807) is 18.2 Å². The fraction of sp³-hybridized carbons (Fsp3) is 0.143. The molecule has 1 N–H and O–H groups in total. The van der Waals surface area contributed by atoms with Crippen LogP contribution in [-0.4, -0.2) is 12.0 Å². The van der Waals surface area contributed by atoms with Crippen LogP contribution < -0.4 is 10.1 Å². The molecule has 7 heteroatoms. The van der Waals surface area contributed by atoms with E-state index < -0.39 is 4.92 Å². The molecule has 2 aromatic carbocycles. The molecule has 0 spiro atoms. The Morgan fingerprint density at radius 1 is 1.33 bits per heavy atom. The van der Waals surface area contributed by atoms with Gasteiger partial charge in [-0.2, -0.15) is 0 Å². The van der Waals surface area contributed by atoms with Crippen molar-refractivity contribution in [2.24, 2.45) is 0 Å². The smallest absolute Gasteiger partial charge is 0.273 e. The fourth-order valence-corrected chi connectivity index (χ4v) is 2.36. The first-order chi connectivity index (χ1) is 9.99. The van der Waals surface area contributed by atoms with Crippen LogP contribution in [0.2, 0.25) is 5.02 Å². The molecule has 0 saturated carbocycles. The number of nitro groups is 1. The maximum atomic E-state index is 10.9. The SMILES string of the molecule is COc1cc(CNc2cc(Cl)ccc2Br)cc([N+](=O)[O-])c1. The van der Waals surface area contributed by atoms with Crippen LogP contribution in [0.4, 0.5) is 11.4 Å². The average Bonchev–Trinajstić information content (AvgIpc) is 2.47. The van der Waals surface area contributed by atoms with Crippen molar-refractivity contribution in [1.82, 2.24) is 0 Å². The van der Waals surface area contributed by atoms with Gasteiger partial charge in [-0.3, -0.25) is 10.1 Å². The van der Waals surface area contributed by atoms with Gasteiger partial charge in [0.05, 0.1) is 23.8 Å². The van der Waals surface area contributed by atoms with E-state index >= 15 is 0 Å². The van der Waals surface area contributed by atoms with E-state index in [4.69, 9.17) is 16.3 Å². The lowest BCUT2D eigenvalue weighted by molar-refractivity contribution is -0.385. The van der Waals surface area contributed by atoms with Crippen molar-refractivity contribution in [3.05, 3.63) is 61.6 Å². The second-order valence-corrected chi connectivity index (χ2v) is 5.56. The van der Waals surface area contributed by atoms with Gasteiger partial charge in [0.15, 0.2) is 0 Å². The first-order valence-corrected chi connectivity index (χ1v) is 7.18. The quantitative estimate of drug-likeness (QED) is 0.614. The third-order valence-corrected chi connectivity index (χ3v) is 3.74. The van der Waals surface area contributed by atoms with Crippen molar-refractivity contribution in [3.63, 3.8) is 0 Å². The zero-order valence-corrected chi connectivity index (χ0v) is 13.4. The van der Waals surface area contributed by atoms with E-state index in [9.17, 15) is 10.1 Å². The standard InChI is InChI=1S/C14H12BrClN2O3/c1-21-12-5-9(4-11(7-12)18(19)20)8-17-14-6-10(16)2-3-13(14)15/h2-7,17H,8H2,1H3. The Labute approximate surface area is 135 Å². The normalized spacial score (nSPS) is 10.2. The summed E-state index contributed by atoms with van der Waals surface area (Å²) in [6.45, 7) is 0.414. The lowest BCUT2D eigenvalue weighted by Gasteiger charge is -2.10. The molecule has 0 aromatic heterocycles. The van der Waals surface area contributed by atoms with Gasteiger partial charge in [-0.05, 0) is 45.8 Å². The van der Waals surface area contributed by atoms with Gasteiger partial charge in [0, 0.05) is 22.1 Å². The Balaban J connectivity index is 2.21. The van der Waals surface area contributed by atoms with Crippen LogP contribution in [-0.2, 0) is 6.54 Å². The Morgan fingerprint density at radius 2 is 2.10 bits per heavy atom. The number of nitro benzene ring substituents is 1. The molecule has 0 aliphatic rings. The first kappa shape index (κ1) is 15.6. The molecule has 5 nitrogen and oxygen atoms in total. The summed E-state index contributed by atoms with van der Waals surface area (Å²) in [4.78, 5) is 10.5. The Kier molecular flexibility index (Phi) is 5.03. The molecule has 0 heterocycles. The highest BCUT2D eigenvalue weighted by Gasteiger charge is 2.10. The van der Waals surface area contributed by atoms with Gasteiger partial charge >= 0.3 is 0 Å². The zero-order valence-electron chi connectivity index (χ0n) is 11.1. The summed E-state index contributed by atoms with van der Waals surface area (Å²) in [5, 5.41) is 14.7. The average molecular weight is 372 g/mol. The molecule has 0 unspecified atom stereocenters. The molecule has 0 radical (unpaired) electrons. The van der Waals surface area contributed by atoms with Crippen molar-refractivity contribution in [2.75, 3.05) is 12.4 Å². The number of hydrogen-bond donors (Lipinski definition) is 1. The summed E-state index contributed by atoms with van der Waals surface area (Å²) in [5.74, 6) is 0.450. The number of halogens is 2.